The molecule has 0 bridgehead atoms. The summed E-state index contributed by atoms with van der Waals surface area (Å²) < 4.78 is 0.967. The average Bonchev–Trinajstić information content (AvgIpc) is 2.36. The van der Waals surface area contributed by atoms with Crippen molar-refractivity contribution in [3.8, 4) is 0 Å². The van der Waals surface area contributed by atoms with Crippen molar-refractivity contribution < 1.29 is 0 Å². The van der Waals surface area contributed by atoms with Crippen molar-refractivity contribution in [2.75, 3.05) is 17.6 Å². The van der Waals surface area contributed by atoms with Crippen LogP contribution in [0.15, 0.2) is 34.9 Å². The number of benzene rings is 1. The molecule has 106 valence electrons. The lowest BCUT2D eigenvalue weighted by Gasteiger charge is -2.26. The molecule has 0 aliphatic heterocycles. The van der Waals surface area contributed by atoms with Crippen molar-refractivity contribution in [1.29, 1.82) is 0 Å². The summed E-state index contributed by atoms with van der Waals surface area (Å²) in [5.41, 5.74) is 6.54. The van der Waals surface area contributed by atoms with Gasteiger partial charge in [-0.25, -0.2) is 4.98 Å². The van der Waals surface area contributed by atoms with Crippen LogP contribution < -0.4 is 11.1 Å². The second kappa shape index (κ2) is 5.97. The number of hydrogen-bond donors (Lipinski definition) is 2. The summed E-state index contributed by atoms with van der Waals surface area (Å²) in [7, 11) is 0. The fourth-order valence-corrected chi connectivity index (χ4v) is 2.82. The Morgan fingerprint density at radius 2 is 2.10 bits per heavy atom. The molecule has 0 aliphatic carbocycles. The van der Waals surface area contributed by atoms with Gasteiger partial charge in [0.2, 0.25) is 5.95 Å². The van der Waals surface area contributed by atoms with E-state index in [1.807, 2.05) is 18.2 Å². The third-order valence-corrected chi connectivity index (χ3v) is 3.83. The fourth-order valence-electron chi connectivity index (χ4n) is 1.89. The van der Waals surface area contributed by atoms with E-state index in [9.17, 15) is 0 Å². The number of halogens is 2. The number of nitrogens with two attached hydrogens (primary N) is 1. The number of nitrogens with zero attached hydrogens (tertiary/aromatic N) is 2. The zero-order chi connectivity index (χ0) is 14.8. The molecule has 6 heteroatoms. The maximum Gasteiger partial charge on any atom is 0.224 e. The van der Waals surface area contributed by atoms with Crippen molar-refractivity contribution in [2.45, 2.75) is 19.3 Å². The van der Waals surface area contributed by atoms with Crippen LogP contribution in [0.2, 0.25) is 5.02 Å². The Kier molecular flexibility index (Phi) is 4.50. The first-order valence-corrected chi connectivity index (χ1v) is 7.33. The molecule has 0 saturated carbocycles. The molecular weight excluding hydrogens is 340 g/mol. The van der Waals surface area contributed by atoms with Gasteiger partial charge in [-0.1, -0.05) is 47.4 Å². The lowest BCUT2D eigenvalue weighted by Crippen LogP contribution is -2.28. The lowest BCUT2D eigenvalue weighted by atomic mass is 9.84. The minimum Gasteiger partial charge on any atom is -0.384 e. The van der Waals surface area contributed by atoms with Gasteiger partial charge in [0.1, 0.15) is 5.82 Å². The topological polar surface area (TPSA) is 63.8 Å². The second-order valence-corrected chi connectivity index (χ2v) is 6.49. The highest BCUT2D eigenvalue weighted by Crippen LogP contribution is 2.32. The van der Waals surface area contributed by atoms with E-state index in [0.29, 0.717) is 18.3 Å². The summed E-state index contributed by atoms with van der Waals surface area (Å²) in [6.07, 6.45) is 1.63. The minimum atomic E-state index is -0.161. The Morgan fingerprint density at radius 1 is 1.35 bits per heavy atom. The van der Waals surface area contributed by atoms with E-state index in [1.54, 1.807) is 12.3 Å². The maximum absolute atomic E-state index is 6.31. The van der Waals surface area contributed by atoms with Gasteiger partial charge in [-0.3, -0.25) is 0 Å². The van der Waals surface area contributed by atoms with Crippen LogP contribution in [0.4, 0.5) is 11.8 Å². The van der Waals surface area contributed by atoms with Gasteiger partial charge < -0.3 is 11.1 Å². The van der Waals surface area contributed by atoms with Gasteiger partial charge in [-0.2, -0.15) is 4.98 Å². The Labute approximate surface area is 131 Å². The molecule has 0 aliphatic rings. The monoisotopic (exact) mass is 354 g/mol. The molecule has 3 N–H and O–H groups in total. The van der Waals surface area contributed by atoms with E-state index < -0.39 is 0 Å². The standard InChI is InChI=1S/C14H16BrClN4/c1-14(2,10-4-3-9(15)7-11(10)16)8-19-13-18-6-5-12(17)20-13/h3-7H,8H2,1-2H3,(H3,17,18,19,20). The third-order valence-electron chi connectivity index (χ3n) is 3.03. The molecule has 1 heterocycles. The first kappa shape index (κ1) is 15.1. The molecule has 2 aromatic rings. The molecule has 0 radical (unpaired) electrons. The van der Waals surface area contributed by atoms with E-state index in [-0.39, 0.29) is 5.41 Å². The van der Waals surface area contributed by atoms with Gasteiger partial charge in [-0.15, -0.1) is 0 Å². The van der Waals surface area contributed by atoms with Crippen LogP contribution in [0.5, 0.6) is 0 Å². The van der Waals surface area contributed by atoms with Gasteiger partial charge >= 0.3 is 0 Å². The summed E-state index contributed by atoms with van der Waals surface area (Å²) in [5, 5.41) is 3.93. The van der Waals surface area contributed by atoms with Gasteiger partial charge in [-0.05, 0) is 23.8 Å². The molecule has 1 aromatic heterocycles. The maximum atomic E-state index is 6.31. The van der Waals surface area contributed by atoms with Crippen molar-refractivity contribution in [1.82, 2.24) is 9.97 Å². The highest BCUT2D eigenvalue weighted by Gasteiger charge is 2.23. The summed E-state index contributed by atoms with van der Waals surface area (Å²) in [6, 6.07) is 7.56. The Morgan fingerprint density at radius 3 is 2.75 bits per heavy atom. The minimum absolute atomic E-state index is 0.161. The number of anilines is 2. The van der Waals surface area contributed by atoms with Crippen LogP contribution in [-0.4, -0.2) is 16.5 Å². The van der Waals surface area contributed by atoms with Crippen molar-refractivity contribution >= 4 is 39.3 Å². The highest BCUT2D eigenvalue weighted by molar-refractivity contribution is 9.10. The van der Waals surface area contributed by atoms with E-state index >= 15 is 0 Å². The smallest absolute Gasteiger partial charge is 0.224 e. The summed E-state index contributed by atoms with van der Waals surface area (Å²) in [5.74, 6) is 0.966. The molecular formula is C14H16BrClN4. The average molecular weight is 356 g/mol. The largest absolute Gasteiger partial charge is 0.384 e. The molecule has 0 amide bonds. The van der Waals surface area contributed by atoms with Crippen LogP contribution in [0.3, 0.4) is 0 Å². The van der Waals surface area contributed by atoms with Gasteiger partial charge in [0.25, 0.3) is 0 Å². The predicted molar refractivity (Wildman–Crippen MR) is 87.1 cm³/mol. The van der Waals surface area contributed by atoms with Crippen molar-refractivity contribution in [3.63, 3.8) is 0 Å². The van der Waals surface area contributed by atoms with Crippen LogP contribution in [0.25, 0.3) is 0 Å². The van der Waals surface area contributed by atoms with E-state index in [4.69, 9.17) is 17.3 Å². The first-order chi connectivity index (χ1) is 9.38. The fraction of sp³-hybridized carbons (Fsp3) is 0.286. The van der Waals surface area contributed by atoms with Crippen molar-refractivity contribution in [2.24, 2.45) is 0 Å². The van der Waals surface area contributed by atoms with Gasteiger partial charge in [0.05, 0.1) is 0 Å². The molecule has 0 atom stereocenters. The van der Waals surface area contributed by atoms with Crippen LogP contribution in [0, 0.1) is 0 Å². The molecule has 20 heavy (non-hydrogen) atoms. The zero-order valence-corrected chi connectivity index (χ0v) is 13.7. The SMILES string of the molecule is CC(C)(CNc1nccc(N)n1)c1ccc(Br)cc1Cl. The van der Waals surface area contributed by atoms with E-state index in [0.717, 1.165) is 15.1 Å². The molecule has 0 fully saturated rings. The lowest BCUT2D eigenvalue weighted by molar-refractivity contribution is 0.555. The van der Waals surface area contributed by atoms with Gasteiger partial charge in [0, 0.05) is 27.7 Å². The summed E-state index contributed by atoms with van der Waals surface area (Å²) in [4.78, 5) is 8.25. The number of nitrogen functional groups attached to an aromatic ring is 1. The number of rotatable bonds is 4. The van der Waals surface area contributed by atoms with E-state index in [1.165, 1.54) is 0 Å². The third kappa shape index (κ3) is 3.61. The molecule has 0 saturated heterocycles. The normalized spacial score (nSPS) is 11.4. The molecule has 0 unspecified atom stereocenters. The van der Waals surface area contributed by atoms with E-state index in [2.05, 4.69) is 45.1 Å². The number of aromatic nitrogens is 2. The second-order valence-electron chi connectivity index (χ2n) is 5.17. The Bertz CT molecular complexity index is 616. The summed E-state index contributed by atoms with van der Waals surface area (Å²) in [6.45, 7) is 4.88. The molecule has 2 rings (SSSR count). The van der Waals surface area contributed by atoms with Crippen LogP contribution >= 0.6 is 27.5 Å². The first-order valence-electron chi connectivity index (χ1n) is 6.16. The number of nitrogens with one attached hydrogen (secondary N) is 1. The van der Waals surface area contributed by atoms with Crippen molar-refractivity contribution in [3.05, 3.63) is 45.5 Å². The molecule has 0 spiro atoms. The molecule has 1 aromatic carbocycles. The number of hydrogen-bond acceptors (Lipinski definition) is 4. The van der Waals surface area contributed by atoms with Crippen LogP contribution in [-0.2, 0) is 5.41 Å². The highest BCUT2D eigenvalue weighted by atomic mass is 79.9. The Hall–Kier alpha value is -1.33. The summed E-state index contributed by atoms with van der Waals surface area (Å²) >= 11 is 9.72. The zero-order valence-electron chi connectivity index (χ0n) is 11.3. The predicted octanol–water partition coefficient (Wildman–Crippen LogP) is 3.86. The quantitative estimate of drug-likeness (QED) is 0.874. The van der Waals surface area contributed by atoms with Crippen LogP contribution in [0.1, 0.15) is 19.4 Å². The Balaban J connectivity index is 2.14. The molecule has 4 nitrogen and oxygen atoms in total. The van der Waals surface area contributed by atoms with Gasteiger partial charge in [0.15, 0.2) is 0 Å².